The highest BCUT2D eigenvalue weighted by Crippen LogP contribution is 2.23. The van der Waals surface area contributed by atoms with Gasteiger partial charge in [0.2, 0.25) is 0 Å². The number of ketones is 1. The predicted octanol–water partition coefficient (Wildman–Crippen LogP) is 4.83. The van der Waals surface area contributed by atoms with Crippen molar-refractivity contribution >= 4 is 55.2 Å². The van der Waals surface area contributed by atoms with Crippen molar-refractivity contribution in [3.63, 3.8) is 0 Å². The summed E-state index contributed by atoms with van der Waals surface area (Å²) >= 11 is 5.59. The number of halogens is 2. The van der Waals surface area contributed by atoms with Crippen LogP contribution in [0, 0.1) is 3.57 Å². The van der Waals surface area contributed by atoms with Crippen LogP contribution in [0.2, 0.25) is 0 Å². The fraction of sp³-hybridized carbons (Fsp3) is 0. The van der Waals surface area contributed by atoms with Crippen LogP contribution in [-0.4, -0.2) is 10.8 Å². The van der Waals surface area contributed by atoms with Gasteiger partial charge in [0.15, 0.2) is 5.78 Å². The molecular formula is C16H9BrINO. The van der Waals surface area contributed by atoms with Gasteiger partial charge in [-0.05, 0) is 65.1 Å². The van der Waals surface area contributed by atoms with Gasteiger partial charge in [-0.2, -0.15) is 0 Å². The number of rotatable bonds is 2. The van der Waals surface area contributed by atoms with Gasteiger partial charge < -0.3 is 0 Å². The van der Waals surface area contributed by atoms with Crippen LogP contribution in [-0.2, 0) is 0 Å². The van der Waals surface area contributed by atoms with Crippen molar-refractivity contribution in [2.75, 3.05) is 0 Å². The highest BCUT2D eigenvalue weighted by atomic mass is 127. The first kappa shape index (κ1) is 13.7. The zero-order valence-corrected chi connectivity index (χ0v) is 14.1. The van der Waals surface area contributed by atoms with Crippen LogP contribution >= 0.6 is 38.5 Å². The predicted molar refractivity (Wildman–Crippen MR) is 92.0 cm³/mol. The first-order valence-electron chi connectivity index (χ1n) is 6.00. The van der Waals surface area contributed by atoms with Crippen molar-refractivity contribution in [1.82, 2.24) is 4.98 Å². The maximum absolute atomic E-state index is 12.6. The topological polar surface area (TPSA) is 30.0 Å². The van der Waals surface area contributed by atoms with Crippen molar-refractivity contribution in [3.8, 4) is 0 Å². The maximum atomic E-state index is 12.6. The molecule has 0 N–H and O–H groups in total. The first-order valence-corrected chi connectivity index (χ1v) is 7.87. The smallest absolute Gasteiger partial charge is 0.194 e. The Morgan fingerprint density at radius 3 is 2.80 bits per heavy atom. The van der Waals surface area contributed by atoms with E-state index in [1.54, 1.807) is 6.20 Å². The molecule has 0 unspecified atom stereocenters. The molecule has 0 amide bonds. The zero-order valence-electron chi connectivity index (χ0n) is 10.3. The summed E-state index contributed by atoms with van der Waals surface area (Å²) in [7, 11) is 0. The summed E-state index contributed by atoms with van der Waals surface area (Å²) in [4.78, 5) is 16.9. The molecule has 0 atom stereocenters. The Hall–Kier alpha value is -1.27. The average molecular weight is 438 g/mol. The minimum Gasteiger partial charge on any atom is -0.289 e. The fourth-order valence-electron chi connectivity index (χ4n) is 2.04. The number of pyridine rings is 1. The van der Waals surface area contributed by atoms with E-state index >= 15 is 0 Å². The number of hydrogen-bond donors (Lipinski definition) is 0. The van der Waals surface area contributed by atoms with Crippen LogP contribution < -0.4 is 0 Å². The number of benzene rings is 2. The molecule has 0 radical (unpaired) electrons. The fourth-order valence-corrected chi connectivity index (χ4v) is 2.99. The third-order valence-electron chi connectivity index (χ3n) is 3.04. The Balaban J connectivity index is 2.10. The van der Waals surface area contributed by atoms with Crippen molar-refractivity contribution in [2.24, 2.45) is 0 Å². The summed E-state index contributed by atoms with van der Waals surface area (Å²) in [5.41, 5.74) is 2.29. The third kappa shape index (κ3) is 2.62. The molecule has 1 heterocycles. The lowest BCUT2D eigenvalue weighted by Crippen LogP contribution is -2.03. The minimum atomic E-state index is 0.0291. The normalized spacial score (nSPS) is 10.7. The second-order valence-electron chi connectivity index (χ2n) is 4.36. The Bertz CT molecular complexity index is 816. The van der Waals surface area contributed by atoms with Gasteiger partial charge >= 0.3 is 0 Å². The van der Waals surface area contributed by atoms with Crippen LogP contribution in [0.4, 0.5) is 0 Å². The Morgan fingerprint density at radius 1 is 1.10 bits per heavy atom. The van der Waals surface area contributed by atoms with Crippen molar-refractivity contribution < 1.29 is 4.79 Å². The van der Waals surface area contributed by atoms with Gasteiger partial charge in [-0.3, -0.25) is 9.78 Å². The van der Waals surface area contributed by atoms with Gasteiger partial charge in [0.05, 0.1) is 5.52 Å². The molecule has 0 fully saturated rings. The molecule has 0 aliphatic heterocycles. The van der Waals surface area contributed by atoms with E-state index in [9.17, 15) is 4.79 Å². The highest BCUT2D eigenvalue weighted by Gasteiger charge is 2.13. The second kappa shape index (κ2) is 5.61. The molecule has 0 aliphatic rings. The first-order chi connectivity index (χ1) is 9.65. The van der Waals surface area contributed by atoms with Crippen molar-refractivity contribution in [2.45, 2.75) is 0 Å². The van der Waals surface area contributed by atoms with Crippen LogP contribution in [0.3, 0.4) is 0 Å². The summed E-state index contributed by atoms with van der Waals surface area (Å²) in [6.07, 6.45) is 1.75. The summed E-state index contributed by atoms with van der Waals surface area (Å²) in [5.74, 6) is 0.0291. The Morgan fingerprint density at radius 2 is 1.95 bits per heavy atom. The SMILES string of the molecule is O=C(c1ccc2ncccc2c1)c1cc(Br)ccc1I. The van der Waals surface area contributed by atoms with Crippen LogP contribution in [0.15, 0.2) is 59.2 Å². The molecule has 1 aromatic heterocycles. The molecule has 0 aliphatic carbocycles. The summed E-state index contributed by atoms with van der Waals surface area (Å²) in [5, 5.41) is 0.975. The lowest BCUT2D eigenvalue weighted by atomic mass is 10.0. The molecule has 2 aromatic carbocycles. The van der Waals surface area contributed by atoms with Crippen LogP contribution in [0.25, 0.3) is 10.9 Å². The molecule has 20 heavy (non-hydrogen) atoms. The van der Waals surface area contributed by atoms with Crippen LogP contribution in [0.5, 0.6) is 0 Å². The standard InChI is InChI=1S/C16H9BrINO/c17-12-4-5-14(18)13(9-12)16(20)11-3-6-15-10(8-11)2-1-7-19-15/h1-9H. The molecular weight excluding hydrogens is 429 g/mol. The van der Waals surface area contributed by atoms with E-state index in [2.05, 4.69) is 43.5 Å². The summed E-state index contributed by atoms with van der Waals surface area (Å²) in [6, 6.07) is 15.2. The van der Waals surface area contributed by atoms with Gasteiger partial charge in [-0.25, -0.2) is 0 Å². The quantitative estimate of drug-likeness (QED) is 0.424. The molecule has 0 bridgehead atoms. The molecule has 0 spiro atoms. The van der Waals surface area contributed by atoms with Gasteiger partial charge in [0.1, 0.15) is 0 Å². The molecule has 2 nitrogen and oxygen atoms in total. The number of aromatic nitrogens is 1. The van der Waals surface area contributed by atoms with Gasteiger partial charge in [0, 0.05) is 30.8 Å². The monoisotopic (exact) mass is 437 g/mol. The van der Waals surface area contributed by atoms with E-state index in [-0.39, 0.29) is 5.78 Å². The van der Waals surface area contributed by atoms with E-state index < -0.39 is 0 Å². The summed E-state index contributed by atoms with van der Waals surface area (Å²) in [6.45, 7) is 0. The van der Waals surface area contributed by atoms with E-state index in [0.717, 1.165) is 18.9 Å². The average Bonchev–Trinajstić information content (AvgIpc) is 2.48. The third-order valence-corrected chi connectivity index (χ3v) is 4.47. The molecule has 0 saturated carbocycles. The van der Waals surface area contributed by atoms with Gasteiger partial charge in [-0.15, -0.1) is 0 Å². The van der Waals surface area contributed by atoms with Crippen molar-refractivity contribution in [3.05, 3.63) is 73.9 Å². The van der Waals surface area contributed by atoms with E-state index in [1.807, 2.05) is 48.5 Å². The Labute approximate surface area is 138 Å². The number of carbonyl (C=O) groups is 1. The lowest BCUT2D eigenvalue weighted by molar-refractivity contribution is 0.103. The molecule has 98 valence electrons. The zero-order chi connectivity index (χ0) is 14.1. The summed E-state index contributed by atoms with van der Waals surface area (Å²) < 4.78 is 1.85. The molecule has 3 aromatic rings. The van der Waals surface area contributed by atoms with E-state index in [1.165, 1.54) is 0 Å². The van der Waals surface area contributed by atoms with Crippen LogP contribution in [0.1, 0.15) is 15.9 Å². The lowest BCUT2D eigenvalue weighted by Gasteiger charge is -2.06. The molecule has 4 heteroatoms. The highest BCUT2D eigenvalue weighted by molar-refractivity contribution is 14.1. The largest absolute Gasteiger partial charge is 0.289 e. The molecule has 3 rings (SSSR count). The van der Waals surface area contributed by atoms with Crippen molar-refractivity contribution in [1.29, 1.82) is 0 Å². The number of fused-ring (bicyclic) bond motifs is 1. The minimum absolute atomic E-state index is 0.0291. The van der Waals surface area contributed by atoms with Gasteiger partial charge in [-0.1, -0.05) is 22.0 Å². The molecule has 0 saturated heterocycles. The number of nitrogens with zero attached hydrogens (tertiary/aromatic N) is 1. The van der Waals surface area contributed by atoms with Gasteiger partial charge in [0.25, 0.3) is 0 Å². The van der Waals surface area contributed by atoms with E-state index in [4.69, 9.17) is 0 Å². The Kier molecular flexibility index (Phi) is 3.85. The van der Waals surface area contributed by atoms with E-state index in [0.29, 0.717) is 11.1 Å². The maximum Gasteiger partial charge on any atom is 0.194 e. The number of carbonyl (C=O) groups excluding carboxylic acids is 1. The number of hydrogen-bond acceptors (Lipinski definition) is 2. The second-order valence-corrected chi connectivity index (χ2v) is 6.44.